The fraction of sp³-hybridized carbons (Fsp3) is 0.556. The number of amides is 2. The number of carboxylic acids is 2. The lowest BCUT2D eigenvalue weighted by Crippen LogP contribution is -2.47. The third kappa shape index (κ3) is 7.04. The summed E-state index contributed by atoms with van der Waals surface area (Å²) in [4.78, 5) is 42.8. The highest BCUT2D eigenvalue weighted by molar-refractivity contribution is 5.86. The quantitative estimate of drug-likeness (QED) is 0.421. The molecule has 0 radical (unpaired) electrons. The van der Waals surface area contributed by atoms with Gasteiger partial charge in [0.15, 0.2) is 0 Å². The number of carbonyl (C=O) groups excluding carboxylic acids is 2. The summed E-state index contributed by atoms with van der Waals surface area (Å²) in [6.07, 6.45) is -0.805. The first kappa shape index (κ1) is 15.7. The van der Waals surface area contributed by atoms with E-state index in [0.717, 1.165) is 0 Å². The Labute approximate surface area is 102 Å². The minimum absolute atomic E-state index is 0.0437. The van der Waals surface area contributed by atoms with Crippen LogP contribution in [0.1, 0.15) is 12.8 Å². The number of carbonyl (C=O) groups is 4. The Bertz CT molecular complexity index is 342. The van der Waals surface area contributed by atoms with Gasteiger partial charge in [-0.3, -0.25) is 9.59 Å². The van der Waals surface area contributed by atoms with Crippen molar-refractivity contribution in [3.05, 3.63) is 0 Å². The van der Waals surface area contributed by atoms with Crippen molar-refractivity contribution in [3.63, 3.8) is 0 Å². The molecule has 0 saturated heterocycles. The number of carboxylic acid groups (broad SMARTS) is 2. The van der Waals surface area contributed by atoms with E-state index in [4.69, 9.17) is 10.2 Å². The van der Waals surface area contributed by atoms with Crippen molar-refractivity contribution in [1.29, 1.82) is 0 Å². The Morgan fingerprint density at radius 1 is 1.22 bits per heavy atom. The Kier molecular flexibility index (Phi) is 6.86. The molecule has 0 unspecified atom stereocenters. The molecule has 0 spiro atoms. The van der Waals surface area contributed by atoms with Gasteiger partial charge in [-0.25, -0.2) is 9.59 Å². The molecule has 102 valence electrons. The van der Waals surface area contributed by atoms with Gasteiger partial charge in [0.05, 0.1) is 20.0 Å². The maximum absolute atomic E-state index is 11.2. The lowest BCUT2D eigenvalue weighted by Gasteiger charge is -2.12. The van der Waals surface area contributed by atoms with Crippen LogP contribution < -0.4 is 10.6 Å². The highest BCUT2D eigenvalue weighted by Crippen LogP contribution is 1.92. The van der Waals surface area contributed by atoms with E-state index in [1.807, 2.05) is 5.32 Å². The van der Waals surface area contributed by atoms with Crippen molar-refractivity contribution in [2.24, 2.45) is 0 Å². The van der Waals surface area contributed by atoms with Gasteiger partial charge in [-0.15, -0.1) is 0 Å². The van der Waals surface area contributed by atoms with Crippen molar-refractivity contribution in [3.8, 4) is 0 Å². The first-order valence-corrected chi connectivity index (χ1v) is 4.92. The molecule has 0 aromatic rings. The minimum Gasteiger partial charge on any atom is -0.481 e. The van der Waals surface area contributed by atoms with Crippen LogP contribution in [0.15, 0.2) is 0 Å². The summed E-state index contributed by atoms with van der Waals surface area (Å²) in [6, 6.07) is -2.40. The van der Waals surface area contributed by atoms with Gasteiger partial charge in [0, 0.05) is 6.54 Å². The second kappa shape index (κ2) is 7.87. The summed E-state index contributed by atoms with van der Waals surface area (Å²) >= 11 is 0. The Hall–Kier alpha value is -2.32. The molecule has 4 N–H and O–H groups in total. The largest absolute Gasteiger partial charge is 0.481 e. The molecule has 2 amide bonds. The van der Waals surface area contributed by atoms with E-state index in [9.17, 15) is 19.2 Å². The highest BCUT2D eigenvalue weighted by Gasteiger charge is 2.22. The summed E-state index contributed by atoms with van der Waals surface area (Å²) in [5, 5.41) is 21.2. The second-order valence-corrected chi connectivity index (χ2v) is 3.22. The predicted octanol–water partition coefficient (Wildman–Crippen LogP) is -1.22. The standard InChI is InChI=1S/C9H14N2O7/c1-18-7(14)2-3-10-9(17)11-5(8(15)16)4-6(12)13/h5H,2-4H2,1H3,(H,12,13)(H,15,16)(H2,10,11,17)/t5-/m0/s1. The number of hydrogen-bond donors (Lipinski definition) is 4. The molecule has 1 atom stereocenters. The first-order chi connectivity index (χ1) is 8.36. The third-order valence-corrected chi connectivity index (χ3v) is 1.82. The zero-order valence-corrected chi connectivity index (χ0v) is 9.63. The van der Waals surface area contributed by atoms with Crippen LogP contribution in [-0.4, -0.2) is 53.8 Å². The van der Waals surface area contributed by atoms with Gasteiger partial charge in [0.2, 0.25) is 0 Å². The number of hydrogen-bond acceptors (Lipinski definition) is 5. The zero-order valence-electron chi connectivity index (χ0n) is 9.63. The third-order valence-electron chi connectivity index (χ3n) is 1.82. The van der Waals surface area contributed by atoms with Gasteiger partial charge in [0.25, 0.3) is 0 Å². The molecule has 9 heteroatoms. The van der Waals surface area contributed by atoms with Crippen molar-refractivity contribution in [2.75, 3.05) is 13.7 Å². The zero-order chi connectivity index (χ0) is 14.1. The molecule has 0 aliphatic carbocycles. The highest BCUT2D eigenvalue weighted by atomic mass is 16.5. The monoisotopic (exact) mass is 262 g/mol. The SMILES string of the molecule is COC(=O)CCNC(=O)N[C@@H](CC(=O)O)C(=O)O. The molecule has 0 aromatic carbocycles. The molecule has 0 aromatic heterocycles. The van der Waals surface area contributed by atoms with Crippen molar-refractivity contribution in [2.45, 2.75) is 18.9 Å². The average molecular weight is 262 g/mol. The van der Waals surface area contributed by atoms with Crippen LogP contribution >= 0.6 is 0 Å². The van der Waals surface area contributed by atoms with Crippen molar-refractivity contribution in [1.82, 2.24) is 10.6 Å². The molecule has 0 aliphatic heterocycles. The molecule has 18 heavy (non-hydrogen) atoms. The number of aliphatic carboxylic acids is 2. The summed E-state index contributed by atoms with van der Waals surface area (Å²) in [5.74, 6) is -3.34. The van der Waals surface area contributed by atoms with Crippen LogP contribution in [0.5, 0.6) is 0 Å². The van der Waals surface area contributed by atoms with Crippen molar-refractivity contribution < 1.29 is 34.1 Å². The maximum atomic E-state index is 11.2. The number of esters is 1. The summed E-state index contributed by atoms with van der Waals surface area (Å²) < 4.78 is 4.32. The molecule has 0 saturated carbocycles. The summed E-state index contributed by atoms with van der Waals surface area (Å²) in [7, 11) is 1.19. The van der Waals surface area contributed by atoms with E-state index in [1.165, 1.54) is 7.11 Å². The van der Waals surface area contributed by atoms with Gasteiger partial charge < -0.3 is 25.6 Å². The Morgan fingerprint density at radius 3 is 2.28 bits per heavy atom. The lowest BCUT2D eigenvalue weighted by molar-refractivity contribution is -0.145. The fourth-order valence-electron chi connectivity index (χ4n) is 0.964. The molecule has 0 rings (SSSR count). The number of urea groups is 1. The second-order valence-electron chi connectivity index (χ2n) is 3.22. The number of ether oxygens (including phenoxy) is 1. The van der Waals surface area contributed by atoms with E-state index < -0.39 is 36.4 Å². The van der Waals surface area contributed by atoms with Crippen LogP contribution in [0.25, 0.3) is 0 Å². The molecule has 0 heterocycles. The fourth-order valence-corrected chi connectivity index (χ4v) is 0.964. The van der Waals surface area contributed by atoms with Gasteiger partial charge in [-0.05, 0) is 0 Å². The molecule has 0 aliphatic rings. The van der Waals surface area contributed by atoms with Gasteiger partial charge in [-0.2, -0.15) is 0 Å². The van der Waals surface area contributed by atoms with Crippen LogP contribution in [0.3, 0.4) is 0 Å². The van der Waals surface area contributed by atoms with Gasteiger partial charge in [0.1, 0.15) is 6.04 Å². The molecule has 0 bridgehead atoms. The van der Waals surface area contributed by atoms with Crippen LogP contribution in [0, 0.1) is 0 Å². The van der Waals surface area contributed by atoms with Gasteiger partial charge >= 0.3 is 23.9 Å². The van der Waals surface area contributed by atoms with E-state index >= 15 is 0 Å². The topological polar surface area (TPSA) is 142 Å². The first-order valence-electron chi connectivity index (χ1n) is 4.92. The average Bonchev–Trinajstić information content (AvgIpc) is 2.27. The van der Waals surface area contributed by atoms with E-state index in [-0.39, 0.29) is 13.0 Å². The number of methoxy groups -OCH3 is 1. The molecular weight excluding hydrogens is 248 g/mol. The summed E-state index contributed by atoms with van der Waals surface area (Å²) in [6.45, 7) is -0.0437. The minimum atomic E-state index is -1.53. The van der Waals surface area contributed by atoms with Crippen LogP contribution in [0.2, 0.25) is 0 Å². The Balaban J connectivity index is 4.06. The number of nitrogens with one attached hydrogen (secondary N) is 2. The van der Waals surface area contributed by atoms with Gasteiger partial charge in [-0.1, -0.05) is 0 Å². The summed E-state index contributed by atoms with van der Waals surface area (Å²) in [5.41, 5.74) is 0. The predicted molar refractivity (Wildman–Crippen MR) is 56.8 cm³/mol. The van der Waals surface area contributed by atoms with E-state index in [1.54, 1.807) is 0 Å². The number of rotatable bonds is 7. The lowest BCUT2D eigenvalue weighted by atomic mass is 10.2. The molecule has 0 fully saturated rings. The van der Waals surface area contributed by atoms with E-state index in [0.29, 0.717) is 0 Å². The van der Waals surface area contributed by atoms with E-state index in [2.05, 4.69) is 10.1 Å². The smallest absolute Gasteiger partial charge is 0.326 e. The Morgan fingerprint density at radius 2 is 1.83 bits per heavy atom. The van der Waals surface area contributed by atoms with Crippen LogP contribution in [-0.2, 0) is 19.1 Å². The normalized spacial score (nSPS) is 11.2. The molecular formula is C9H14N2O7. The maximum Gasteiger partial charge on any atom is 0.326 e. The van der Waals surface area contributed by atoms with Crippen molar-refractivity contribution >= 4 is 23.9 Å². The van der Waals surface area contributed by atoms with Crippen LogP contribution in [0.4, 0.5) is 4.79 Å². The molecule has 9 nitrogen and oxygen atoms in total.